The van der Waals surface area contributed by atoms with Gasteiger partial charge in [-0.15, -0.1) is 11.3 Å². The number of amides is 1. The van der Waals surface area contributed by atoms with Gasteiger partial charge >= 0.3 is 0 Å². The summed E-state index contributed by atoms with van der Waals surface area (Å²) in [6, 6.07) is 9.85. The second kappa shape index (κ2) is 7.03. The van der Waals surface area contributed by atoms with Gasteiger partial charge in [0.25, 0.3) is 5.91 Å². The van der Waals surface area contributed by atoms with Crippen LogP contribution >= 0.6 is 11.3 Å². The smallest absolute Gasteiger partial charge is 0.283 e. The van der Waals surface area contributed by atoms with Crippen LogP contribution in [-0.2, 0) is 0 Å². The van der Waals surface area contributed by atoms with Crippen LogP contribution in [0.25, 0.3) is 10.6 Å². The molecular formula is C19H20N4OS. The molecular weight excluding hydrogens is 332 g/mol. The molecule has 0 bridgehead atoms. The maximum atomic E-state index is 12.5. The van der Waals surface area contributed by atoms with Crippen molar-refractivity contribution in [2.24, 2.45) is 5.10 Å². The third-order valence-electron chi connectivity index (χ3n) is 3.99. The number of nitrogens with one attached hydrogen (secondary N) is 2. The highest BCUT2D eigenvalue weighted by atomic mass is 32.1. The molecule has 0 aliphatic heterocycles. The van der Waals surface area contributed by atoms with Crippen molar-refractivity contribution in [1.29, 1.82) is 0 Å². The molecule has 0 aliphatic carbocycles. The van der Waals surface area contributed by atoms with E-state index in [0.717, 1.165) is 33.1 Å². The van der Waals surface area contributed by atoms with Crippen molar-refractivity contribution in [3.8, 4) is 10.6 Å². The number of carbonyl (C=O) groups excluding carboxylic acids is 1. The minimum Gasteiger partial charge on any atom is -0.364 e. The zero-order valence-corrected chi connectivity index (χ0v) is 15.5. The molecule has 5 nitrogen and oxygen atoms in total. The summed E-state index contributed by atoms with van der Waals surface area (Å²) < 4.78 is 0. The quantitative estimate of drug-likeness (QED) is 0.545. The number of benzene rings is 1. The average molecular weight is 352 g/mol. The molecule has 128 valence electrons. The Morgan fingerprint density at radius 1 is 1.20 bits per heavy atom. The second-order valence-corrected chi connectivity index (χ2v) is 6.91. The standard InChI is InChI=1S/C19H20N4OS/c1-11-10-20-12(2)16(11)13(3)22-23-18(24)17-14(4)21-19(25-17)15-8-6-5-7-9-15/h5-10,20H,1-4H3,(H,23,24)/b22-13+. The molecule has 0 unspecified atom stereocenters. The van der Waals surface area contributed by atoms with Gasteiger partial charge in [0, 0.05) is 23.0 Å². The molecule has 1 aromatic carbocycles. The fraction of sp³-hybridized carbons (Fsp3) is 0.211. The van der Waals surface area contributed by atoms with Crippen LogP contribution in [0.15, 0.2) is 41.6 Å². The number of nitrogens with zero attached hydrogens (tertiary/aromatic N) is 2. The van der Waals surface area contributed by atoms with Crippen molar-refractivity contribution < 1.29 is 4.79 Å². The van der Waals surface area contributed by atoms with E-state index in [2.05, 4.69) is 20.5 Å². The maximum absolute atomic E-state index is 12.5. The SMILES string of the molecule is C/C(=N\NC(=O)c1sc(-c2ccccc2)nc1C)c1c(C)c[nH]c1C. The van der Waals surface area contributed by atoms with Gasteiger partial charge in [0.2, 0.25) is 0 Å². The van der Waals surface area contributed by atoms with Crippen LogP contribution in [0.1, 0.15) is 39.1 Å². The van der Waals surface area contributed by atoms with Crippen LogP contribution in [0.3, 0.4) is 0 Å². The van der Waals surface area contributed by atoms with Gasteiger partial charge in [0.05, 0.1) is 11.4 Å². The van der Waals surface area contributed by atoms with Gasteiger partial charge in [-0.05, 0) is 33.3 Å². The van der Waals surface area contributed by atoms with Gasteiger partial charge in [-0.25, -0.2) is 10.4 Å². The molecule has 6 heteroatoms. The van der Waals surface area contributed by atoms with E-state index in [1.54, 1.807) is 0 Å². The number of carbonyl (C=O) groups is 1. The molecule has 0 radical (unpaired) electrons. The predicted molar refractivity (Wildman–Crippen MR) is 102 cm³/mol. The van der Waals surface area contributed by atoms with E-state index >= 15 is 0 Å². The van der Waals surface area contributed by atoms with Gasteiger partial charge in [-0.2, -0.15) is 5.10 Å². The number of hydrogen-bond acceptors (Lipinski definition) is 4. The van der Waals surface area contributed by atoms with Crippen LogP contribution in [0.4, 0.5) is 0 Å². The molecule has 0 atom stereocenters. The zero-order chi connectivity index (χ0) is 18.0. The van der Waals surface area contributed by atoms with Crippen LogP contribution in [-0.4, -0.2) is 21.6 Å². The van der Waals surface area contributed by atoms with Crippen LogP contribution in [0.2, 0.25) is 0 Å². The molecule has 2 N–H and O–H groups in total. The third-order valence-corrected chi connectivity index (χ3v) is 5.19. The first-order valence-corrected chi connectivity index (χ1v) is 8.81. The molecule has 3 rings (SSSR count). The number of thiazole rings is 1. The molecule has 25 heavy (non-hydrogen) atoms. The summed E-state index contributed by atoms with van der Waals surface area (Å²) in [5, 5.41) is 5.10. The Balaban J connectivity index is 1.80. The lowest BCUT2D eigenvalue weighted by Crippen LogP contribution is -2.19. The molecule has 2 aromatic heterocycles. The summed E-state index contributed by atoms with van der Waals surface area (Å²) in [7, 11) is 0. The van der Waals surface area contributed by atoms with Gasteiger partial charge in [-0.3, -0.25) is 4.79 Å². The van der Waals surface area contributed by atoms with Crippen LogP contribution in [0.5, 0.6) is 0 Å². The number of H-pyrrole nitrogens is 1. The first kappa shape index (κ1) is 17.1. The predicted octanol–water partition coefficient (Wildman–Crippen LogP) is 4.22. The number of aromatic nitrogens is 2. The lowest BCUT2D eigenvalue weighted by atomic mass is 10.1. The van der Waals surface area contributed by atoms with Gasteiger partial charge < -0.3 is 4.98 Å². The average Bonchev–Trinajstić information content (AvgIpc) is 3.16. The number of hydrogen-bond donors (Lipinski definition) is 2. The molecule has 1 amide bonds. The van der Waals surface area contributed by atoms with Crippen molar-refractivity contribution in [3.63, 3.8) is 0 Å². The Morgan fingerprint density at radius 2 is 1.92 bits per heavy atom. The van der Waals surface area contributed by atoms with Crippen molar-refractivity contribution in [3.05, 3.63) is 63.9 Å². The highest BCUT2D eigenvalue weighted by Crippen LogP contribution is 2.27. The zero-order valence-electron chi connectivity index (χ0n) is 14.7. The number of aryl methyl sites for hydroxylation is 3. The highest BCUT2D eigenvalue weighted by Gasteiger charge is 2.16. The monoisotopic (exact) mass is 352 g/mol. The molecule has 3 aromatic rings. The summed E-state index contributed by atoms with van der Waals surface area (Å²) >= 11 is 1.38. The summed E-state index contributed by atoms with van der Waals surface area (Å²) in [5.41, 5.74) is 8.32. The van der Waals surface area contributed by atoms with E-state index in [1.165, 1.54) is 11.3 Å². The Morgan fingerprint density at radius 3 is 2.56 bits per heavy atom. The first-order valence-electron chi connectivity index (χ1n) is 7.99. The molecule has 0 saturated carbocycles. The molecule has 2 heterocycles. The van der Waals surface area contributed by atoms with E-state index in [0.29, 0.717) is 10.6 Å². The number of hydrazone groups is 1. The van der Waals surface area contributed by atoms with Crippen LogP contribution in [0, 0.1) is 20.8 Å². The van der Waals surface area contributed by atoms with Crippen molar-refractivity contribution in [1.82, 2.24) is 15.4 Å². The molecule has 0 aliphatic rings. The first-order chi connectivity index (χ1) is 12.0. The Hall–Kier alpha value is -2.73. The highest BCUT2D eigenvalue weighted by molar-refractivity contribution is 7.17. The van der Waals surface area contributed by atoms with Gasteiger partial charge in [0.15, 0.2) is 0 Å². The Bertz CT molecular complexity index is 918. The molecule has 0 fully saturated rings. The van der Waals surface area contributed by atoms with E-state index in [9.17, 15) is 4.79 Å². The van der Waals surface area contributed by atoms with Gasteiger partial charge in [-0.1, -0.05) is 30.3 Å². The summed E-state index contributed by atoms with van der Waals surface area (Å²) in [6.07, 6.45) is 1.94. The Kier molecular flexibility index (Phi) is 4.81. The minimum absolute atomic E-state index is 0.234. The lowest BCUT2D eigenvalue weighted by molar-refractivity contribution is 0.0958. The van der Waals surface area contributed by atoms with E-state index in [4.69, 9.17) is 0 Å². The molecule has 0 spiro atoms. The maximum Gasteiger partial charge on any atom is 0.283 e. The normalized spacial score (nSPS) is 11.6. The van der Waals surface area contributed by atoms with Crippen molar-refractivity contribution >= 4 is 23.0 Å². The largest absolute Gasteiger partial charge is 0.364 e. The second-order valence-electron chi connectivity index (χ2n) is 5.91. The third kappa shape index (κ3) is 3.53. The number of rotatable bonds is 4. The van der Waals surface area contributed by atoms with Gasteiger partial charge in [0.1, 0.15) is 9.88 Å². The fourth-order valence-electron chi connectivity index (χ4n) is 2.77. The van der Waals surface area contributed by atoms with Crippen molar-refractivity contribution in [2.45, 2.75) is 27.7 Å². The van der Waals surface area contributed by atoms with E-state index in [1.807, 2.05) is 64.2 Å². The minimum atomic E-state index is -0.234. The Labute approximate surface area is 150 Å². The molecule has 0 saturated heterocycles. The van der Waals surface area contributed by atoms with Crippen LogP contribution < -0.4 is 5.43 Å². The summed E-state index contributed by atoms with van der Waals surface area (Å²) in [6.45, 7) is 7.73. The summed E-state index contributed by atoms with van der Waals surface area (Å²) in [4.78, 5) is 20.8. The van der Waals surface area contributed by atoms with Crippen molar-refractivity contribution in [2.75, 3.05) is 0 Å². The lowest BCUT2D eigenvalue weighted by Gasteiger charge is -2.03. The number of aromatic amines is 1. The van der Waals surface area contributed by atoms with E-state index in [-0.39, 0.29) is 5.91 Å². The fourth-order valence-corrected chi connectivity index (χ4v) is 3.73. The topological polar surface area (TPSA) is 70.1 Å². The van der Waals surface area contributed by atoms with E-state index < -0.39 is 0 Å². The summed E-state index contributed by atoms with van der Waals surface area (Å²) in [5.74, 6) is -0.234.